The van der Waals surface area contributed by atoms with Gasteiger partial charge in [0.15, 0.2) is 0 Å². The predicted molar refractivity (Wildman–Crippen MR) is 120 cm³/mol. The van der Waals surface area contributed by atoms with Crippen LogP contribution in [0, 0.1) is 11.3 Å². The zero-order valence-corrected chi connectivity index (χ0v) is 17.6. The van der Waals surface area contributed by atoms with Gasteiger partial charge in [0.25, 0.3) is 0 Å². The first-order valence-corrected chi connectivity index (χ1v) is 10.4. The van der Waals surface area contributed by atoms with Gasteiger partial charge in [-0.05, 0) is 47.5 Å². The van der Waals surface area contributed by atoms with Gasteiger partial charge in [-0.2, -0.15) is 5.26 Å². The van der Waals surface area contributed by atoms with E-state index in [4.69, 9.17) is 10.00 Å². The number of thioether (sulfide) groups is 1. The van der Waals surface area contributed by atoms with Crippen LogP contribution < -0.4 is 10.1 Å². The SMILES string of the molecule is COc1ccc2cc([C@H](C)C(=O)Nc3ccccc3SC(C)CC#N)ccc2c1. The number of benzene rings is 3. The third-order valence-electron chi connectivity index (χ3n) is 4.82. The molecule has 0 radical (unpaired) electrons. The summed E-state index contributed by atoms with van der Waals surface area (Å²) in [6, 6.07) is 21.9. The van der Waals surface area contributed by atoms with Crippen molar-refractivity contribution >= 4 is 34.1 Å². The quantitative estimate of drug-likeness (QED) is 0.492. The summed E-state index contributed by atoms with van der Waals surface area (Å²) in [7, 11) is 1.65. The molecule has 4 nitrogen and oxygen atoms in total. The minimum atomic E-state index is -0.295. The number of nitrogens with zero attached hydrogens (tertiary/aromatic N) is 1. The van der Waals surface area contributed by atoms with Crippen molar-refractivity contribution in [2.45, 2.75) is 36.3 Å². The van der Waals surface area contributed by atoms with E-state index in [2.05, 4.69) is 17.5 Å². The molecule has 3 aromatic carbocycles. The van der Waals surface area contributed by atoms with Crippen molar-refractivity contribution < 1.29 is 9.53 Å². The van der Waals surface area contributed by atoms with Crippen LogP contribution in [0.1, 0.15) is 31.7 Å². The third-order valence-corrected chi connectivity index (χ3v) is 6.00. The summed E-state index contributed by atoms with van der Waals surface area (Å²) in [5.41, 5.74) is 1.74. The van der Waals surface area contributed by atoms with E-state index >= 15 is 0 Å². The van der Waals surface area contributed by atoms with Crippen LogP contribution in [0.3, 0.4) is 0 Å². The molecule has 29 heavy (non-hydrogen) atoms. The van der Waals surface area contributed by atoms with E-state index in [0.717, 1.165) is 32.7 Å². The summed E-state index contributed by atoms with van der Waals surface area (Å²) in [4.78, 5) is 13.9. The molecule has 1 amide bonds. The molecule has 0 aliphatic rings. The van der Waals surface area contributed by atoms with Crippen LogP contribution in [0.2, 0.25) is 0 Å². The highest BCUT2D eigenvalue weighted by atomic mass is 32.2. The van der Waals surface area contributed by atoms with Crippen molar-refractivity contribution in [3.63, 3.8) is 0 Å². The molecule has 148 valence electrons. The van der Waals surface area contributed by atoms with Gasteiger partial charge in [0.05, 0.1) is 24.8 Å². The Kier molecular flexibility index (Phi) is 6.79. The maximum atomic E-state index is 12.9. The van der Waals surface area contributed by atoms with Gasteiger partial charge in [-0.3, -0.25) is 4.79 Å². The largest absolute Gasteiger partial charge is 0.497 e. The number of amides is 1. The number of anilines is 1. The van der Waals surface area contributed by atoms with E-state index in [0.29, 0.717) is 6.42 Å². The lowest BCUT2D eigenvalue weighted by atomic mass is 9.97. The van der Waals surface area contributed by atoms with E-state index < -0.39 is 0 Å². The highest BCUT2D eigenvalue weighted by Crippen LogP contribution is 2.32. The van der Waals surface area contributed by atoms with Gasteiger partial charge in [-0.1, -0.05) is 43.3 Å². The molecule has 0 bridgehead atoms. The summed E-state index contributed by atoms with van der Waals surface area (Å²) in [5.74, 6) is 0.464. The fourth-order valence-corrected chi connectivity index (χ4v) is 4.09. The Labute approximate surface area is 175 Å². The summed E-state index contributed by atoms with van der Waals surface area (Å²) in [6.45, 7) is 3.92. The summed E-state index contributed by atoms with van der Waals surface area (Å²) >= 11 is 1.60. The van der Waals surface area contributed by atoms with Crippen LogP contribution in [-0.4, -0.2) is 18.3 Å². The van der Waals surface area contributed by atoms with Crippen molar-refractivity contribution in [1.29, 1.82) is 5.26 Å². The fourth-order valence-electron chi connectivity index (χ4n) is 3.09. The van der Waals surface area contributed by atoms with Gasteiger partial charge >= 0.3 is 0 Å². The first-order valence-electron chi connectivity index (χ1n) is 9.53. The van der Waals surface area contributed by atoms with Gasteiger partial charge in [0, 0.05) is 16.6 Å². The maximum absolute atomic E-state index is 12.9. The first-order chi connectivity index (χ1) is 14.0. The van der Waals surface area contributed by atoms with E-state index in [1.165, 1.54) is 0 Å². The van der Waals surface area contributed by atoms with Gasteiger partial charge in [-0.15, -0.1) is 11.8 Å². The lowest BCUT2D eigenvalue weighted by molar-refractivity contribution is -0.117. The Bertz CT molecular complexity index is 1060. The lowest BCUT2D eigenvalue weighted by Crippen LogP contribution is -2.19. The molecule has 1 N–H and O–H groups in total. The number of carbonyl (C=O) groups is 1. The average molecular weight is 405 g/mol. The molecule has 0 saturated carbocycles. The molecule has 2 atom stereocenters. The van der Waals surface area contributed by atoms with Crippen LogP contribution in [0.4, 0.5) is 5.69 Å². The molecule has 5 heteroatoms. The number of hydrogen-bond donors (Lipinski definition) is 1. The molecular formula is C24H24N2O2S. The van der Waals surface area contributed by atoms with Gasteiger partial charge in [0.1, 0.15) is 5.75 Å². The minimum absolute atomic E-state index is 0.0566. The molecule has 0 aliphatic heterocycles. The van der Waals surface area contributed by atoms with Crippen molar-refractivity contribution in [3.8, 4) is 11.8 Å². The zero-order valence-electron chi connectivity index (χ0n) is 16.8. The molecule has 3 rings (SSSR count). The first kappa shape index (κ1) is 20.8. The third kappa shape index (κ3) is 5.10. The lowest BCUT2D eigenvalue weighted by Gasteiger charge is -2.17. The average Bonchev–Trinajstić information content (AvgIpc) is 2.74. The number of ether oxygens (including phenoxy) is 1. The second kappa shape index (κ2) is 9.49. The number of methoxy groups -OCH3 is 1. The predicted octanol–water partition coefficient (Wildman–Crippen LogP) is 5.98. The van der Waals surface area contributed by atoms with Crippen LogP contribution in [-0.2, 0) is 4.79 Å². The molecular weight excluding hydrogens is 380 g/mol. The summed E-state index contributed by atoms with van der Waals surface area (Å²) in [5, 5.41) is 14.3. The van der Waals surface area contributed by atoms with Gasteiger partial charge in [-0.25, -0.2) is 0 Å². The number of para-hydroxylation sites is 1. The molecule has 0 fully saturated rings. The Morgan fingerprint density at radius 1 is 1.10 bits per heavy atom. The van der Waals surface area contributed by atoms with Crippen molar-refractivity contribution in [2.75, 3.05) is 12.4 Å². The summed E-state index contributed by atoms with van der Waals surface area (Å²) in [6.07, 6.45) is 0.464. The summed E-state index contributed by atoms with van der Waals surface area (Å²) < 4.78 is 5.27. The standard InChI is InChI=1S/C24H24N2O2S/c1-16(12-13-25)29-23-7-5-4-6-22(23)26-24(27)17(2)18-8-9-20-15-21(28-3)11-10-19(20)14-18/h4-11,14-17H,12H2,1-3H3,(H,26,27)/t16?,17-/m0/s1. The normalized spacial score (nSPS) is 12.8. The van der Waals surface area contributed by atoms with E-state index in [1.807, 2.05) is 68.4 Å². The number of rotatable bonds is 7. The van der Waals surface area contributed by atoms with Crippen molar-refractivity contribution in [2.24, 2.45) is 0 Å². The number of nitrogens with one attached hydrogen (secondary N) is 1. The number of carbonyl (C=O) groups excluding carboxylic acids is 1. The zero-order chi connectivity index (χ0) is 20.8. The van der Waals surface area contributed by atoms with Crippen LogP contribution in [0.5, 0.6) is 5.75 Å². The molecule has 0 aromatic heterocycles. The fraction of sp³-hybridized carbons (Fsp3) is 0.250. The molecule has 0 heterocycles. The Balaban J connectivity index is 1.77. The molecule has 1 unspecified atom stereocenters. The minimum Gasteiger partial charge on any atom is -0.497 e. The van der Waals surface area contributed by atoms with Crippen LogP contribution in [0.15, 0.2) is 65.6 Å². The topological polar surface area (TPSA) is 62.1 Å². The molecule has 3 aromatic rings. The van der Waals surface area contributed by atoms with Gasteiger partial charge in [0.2, 0.25) is 5.91 Å². The second-order valence-corrected chi connectivity index (χ2v) is 8.45. The molecule has 0 spiro atoms. The Hall–Kier alpha value is -2.97. The van der Waals surface area contributed by atoms with Crippen molar-refractivity contribution in [1.82, 2.24) is 0 Å². The Morgan fingerprint density at radius 3 is 2.59 bits per heavy atom. The second-order valence-electron chi connectivity index (χ2n) is 6.97. The molecule has 0 saturated heterocycles. The maximum Gasteiger partial charge on any atom is 0.231 e. The Morgan fingerprint density at radius 2 is 1.83 bits per heavy atom. The highest BCUT2D eigenvalue weighted by Gasteiger charge is 2.18. The van der Waals surface area contributed by atoms with E-state index in [-0.39, 0.29) is 17.1 Å². The number of fused-ring (bicyclic) bond motifs is 1. The number of nitriles is 1. The number of hydrogen-bond acceptors (Lipinski definition) is 4. The van der Waals surface area contributed by atoms with Crippen LogP contribution >= 0.6 is 11.8 Å². The highest BCUT2D eigenvalue weighted by molar-refractivity contribution is 8.00. The monoisotopic (exact) mass is 404 g/mol. The van der Waals surface area contributed by atoms with E-state index in [1.54, 1.807) is 18.9 Å². The van der Waals surface area contributed by atoms with Crippen LogP contribution in [0.25, 0.3) is 10.8 Å². The van der Waals surface area contributed by atoms with E-state index in [9.17, 15) is 4.79 Å². The molecule has 0 aliphatic carbocycles. The smallest absolute Gasteiger partial charge is 0.231 e. The van der Waals surface area contributed by atoms with Crippen molar-refractivity contribution in [3.05, 3.63) is 66.2 Å². The van der Waals surface area contributed by atoms with Gasteiger partial charge < -0.3 is 10.1 Å².